The number of aliphatic hydroxyl groups is 1. The van der Waals surface area contributed by atoms with Gasteiger partial charge in [-0.1, -0.05) is 12.1 Å². The van der Waals surface area contributed by atoms with Crippen LogP contribution in [0.3, 0.4) is 0 Å². The van der Waals surface area contributed by atoms with Crippen LogP contribution in [0.1, 0.15) is 25.0 Å². The van der Waals surface area contributed by atoms with Gasteiger partial charge < -0.3 is 14.7 Å². The number of hydrogen-bond donors (Lipinski definition) is 1. The average Bonchev–Trinajstić information content (AvgIpc) is 2.35. The minimum Gasteiger partial charge on any atom is -0.388 e. The number of halogens is 1. The predicted molar refractivity (Wildman–Crippen MR) is 69.9 cm³/mol. The molecule has 0 aromatic heterocycles. The summed E-state index contributed by atoms with van der Waals surface area (Å²) in [6.07, 6.45) is -0.0496. The van der Waals surface area contributed by atoms with Gasteiger partial charge in [-0.05, 0) is 38.1 Å². The number of benzene rings is 1. The number of aliphatic hydroxyl groups excluding tert-OH is 1. The standard InChI is InChI=1S/C14H22FNO2/c1-11(10-18-3)16(2)8-7-14(17)12-5-4-6-13(15)9-12/h4-6,9,11,14,17H,7-8,10H2,1-3H3. The van der Waals surface area contributed by atoms with E-state index >= 15 is 0 Å². The number of likely N-dealkylation sites (N-methyl/N-ethyl adjacent to an activating group) is 1. The fraction of sp³-hybridized carbons (Fsp3) is 0.571. The lowest BCUT2D eigenvalue weighted by atomic mass is 10.1. The van der Waals surface area contributed by atoms with Gasteiger partial charge in [0.15, 0.2) is 0 Å². The van der Waals surface area contributed by atoms with Gasteiger partial charge in [0.2, 0.25) is 0 Å². The van der Waals surface area contributed by atoms with Crippen molar-refractivity contribution < 1.29 is 14.2 Å². The van der Waals surface area contributed by atoms with E-state index in [1.165, 1.54) is 12.1 Å². The second-order valence-corrected chi connectivity index (χ2v) is 4.64. The molecule has 4 heteroatoms. The Morgan fingerprint density at radius 2 is 2.17 bits per heavy atom. The molecule has 0 aliphatic rings. The minimum atomic E-state index is -0.627. The molecule has 1 aromatic carbocycles. The van der Waals surface area contributed by atoms with Crippen LogP contribution in [0.25, 0.3) is 0 Å². The van der Waals surface area contributed by atoms with Crippen LogP contribution in [0.5, 0.6) is 0 Å². The fourth-order valence-electron chi connectivity index (χ4n) is 1.80. The van der Waals surface area contributed by atoms with Gasteiger partial charge in [0.1, 0.15) is 5.82 Å². The van der Waals surface area contributed by atoms with Crippen LogP contribution in [-0.4, -0.2) is 43.4 Å². The first-order valence-electron chi connectivity index (χ1n) is 6.17. The molecular weight excluding hydrogens is 233 g/mol. The Bertz CT molecular complexity index is 359. The quantitative estimate of drug-likeness (QED) is 0.811. The van der Waals surface area contributed by atoms with E-state index < -0.39 is 6.10 Å². The molecule has 0 bridgehead atoms. The van der Waals surface area contributed by atoms with E-state index in [9.17, 15) is 9.50 Å². The van der Waals surface area contributed by atoms with E-state index in [-0.39, 0.29) is 5.82 Å². The smallest absolute Gasteiger partial charge is 0.123 e. The molecule has 0 heterocycles. The number of methoxy groups -OCH3 is 1. The molecule has 18 heavy (non-hydrogen) atoms. The van der Waals surface area contributed by atoms with Crippen molar-refractivity contribution in [1.82, 2.24) is 4.90 Å². The van der Waals surface area contributed by atoms with Crippen LogP contribution >= 0.6 is 0 Å². The van der Waals surface area contributed by atoms with Gasteiger partial charge in [0, 0.05) is 19.7 Å². The van der Waals surface area contributed by atoms with Gasteiger partial charge in [-0.25, -0.2) is 4.39 Å². The highest BCUT2D eigenvalue weighted by Gasteiger charge is 2.13. The molecule has 0 aliphatic carbocycles. The second kappa shape index (κ2) is 7.46. The number of nitrogens with zero attached hydrogens (tertiary/aromatic N) is 1. The number of hydrogen-bond acceptors (Lipinski definition) is 3. The summed E-state index contributed by atoms with van der Waals surface area (Å²) >= 11 is 0. The first-order chi connectivity index (χ1) is 8.54. The molecule has 1 rings (SSSR count). The first kappa shape index (κ1) is 15.1. The lowest BCUT2D eigenvalue weighted by Crippen LogP contribution is -2.34. The molecule has 1 N–H and O–H groups in total. The molecule has 0 spiro atoms. The Labute approximate surface area is 108 Å². The van der Waals surface area contributed by atoms with Gasteiger partial charge in [-0.3, -0.25) is 0 Å². The van der Waals surface area contributed by atoms with Gasteiger partial charge in [-0.2, -0.15) is 0 Å². The minimum absolute atomic E-state index is 0.301. The van der Waals surface area contributed by atoms with Gasteiger partial charge >= 0.3 is 0 Å². The summed E-state index contributed by atoms with van der Waals surface area (Å²) in [5, 5.41) is 9.98. The van der Waals surface area contributed by atoms with Gasteiger partial charge in [0.25, 0.3) is 0 Å². The molecule has 0 saturated heterocycles. The molecule has 0 radical (unpaired) electrons. The largest absolute Gasteiger partial charge is 0.388 e. The molecule has 0 amide bonds. The van der Waals surface area contributed by atoms with Crippen molar-refractivity contribution in [2.24, 2.45) is 0 Å². The van der Waals surface area contributed by atoms with Crippen molar-refractivity contribution in [2.75, 3.05) is 27.3 Å². The van der Waals surface area contributed by atoms with Crippen molar-refractivity contribution in [3.63, 3.8) is 0 Å². The van der Waals surface area contributed by atoms with Crippen molar-refractivity contribution in [3.05, 3.63) is 35.6 Å². The Kier molecular flexibility index (Phi) is 6.25. The van der Waals surface area contributed by atoms with E-state index in [2.05, 4.69) is 11.8 Å². The van der Waals surface area contributed by atoms with Crippen LogP contribution < -0.4 is 0 Å². The molecule has 2 unspecified atom stereocenters. The van der Waals surface area contributed by atoms with Crippen LogP contribution in [0.2, 0.25) is 0 Å². The number of rotatable bonds is 7. The van der Waals surface area contributed by atoms with Crippen LogP contribution in [-0.2, 0) is 4.74 Å². The third-order valence-electron chi connectivity index (χ3n) is 3.15. The summed E-state index contributed by atoms with van der Waals surface area (Å²) in [7, 11) is 3.66. The maximum atomic E-state index is 13.0. The van der Waals surface area contributed by atoms with E-state index in [0.29, 0.717) is 24.6 Å². The summed E-state index contributed by atoms with van der Waals surface area (Å²) in [6.45, 7) is 3.47. The summed E-state index contributed by atoms with van der Waals surface area (Å²) in [5.41, 5.74) is 0.628. The lowest BCUT2D eigenvalue weighted by molar-refractivity contribution is 0.0960. The monoisotopic (exact) mass is 255 g/mol. The average molecular weight is 255 g/mol. The predicted octanol–water partition coefficient (Wildman–Crippen LogP) is 2.22. The van der Waals surface area contributed by atoms with Crippen LogP contribution in [0.15, 0.2) is 24.3 Å². The zero-order valence-corrected chi connectivity index (χ0v) is 11.3. The maximum Gasteiger partial charge on any atom is 0.123 e. The molecule has 0 aliphatic heterocycles. The van der Waals surface area contributed by atoms with Gasteiger partial charge in [0.05, 0.1) is 12.7 Å². The summed E-state index contributed by atoms with van der Waals surface area (Å²) in [6, 6.07) is 6.42. The third-order valence-corrected chi connectivity index (χ3v) is 3.15. The van der Waals surface area contributed by atoms with E-state index in [0.717, 1.165) is 6.54 Å². The zero-order valence-electron chi connectivity index (χ0n) is 11.3. The van der Waals surface area contributed by atoms with Crippen molar-refractivity contribution in [3.8, 4) is 0 Å². The van der Waals surface area contributed by atoms with Crippen molar-refractivity contribution >= 4 is 0 Å². The molecule has 0 saturated carbocycles. The summed E-state index contributed by atoms with van der Waals surface area (Å²) in [5.74, 6) is -0.312. The fourth-order valence-corrected chi connectivity index (χ4v) is 1.80. The maximum absolute atomic E-state index is 13.0. The second-order valence-electron chi connectivity index (χ2n) is 4.64. The molecule has 102 valence electrons. The van der Waals surface area contributed by atoms with Crippen molar-refractivity contribution in [2.45, 2.75) is 25.5 Å². The lowest BCUT2D eigenvalue weighted by Gasteiger charge is -2.25. The molecule has 0 fully saturated rings. The topological polar surface area (TPSA) is 32.7 Å². The number of ether oxygens (including phenoxy) is 1. The molecule has 2 atom stereocenters. The highest BCUT2D eigenvalue weighted by atomic mass is 19.1. The normalized spacial score (nSPS) is 14.8. The van der Waals surface area contributed by atoms with Crippen molar-refractivity contribution in [1.29, 1.82) is 0 Å². The van der Waals surface area contributed by atoms with E-state index in [4.69, 9.17) is 4.74 Å². The highest BCUT2D eigenvalue weighted by molar-refractivity contribution is 5.18. The SMILES string of the molecule is COCC(C)N(C)CCC(O)c1cccc(F)c1. The summed E-state index contributed by atoms with van der Waals surface area (Å²) < 4.78 is 18.1. The van der Waals surface area contributed by atoms with Crippen LogP contribution in [0.4, 0.5) is 4.39 Å². The third kappa shape index (κ3) is 4.72. The Balaban J connectivity index is 2.43. The summed E-state index contributed by atoms with van der Waals surface area (Å²) in [4.78, 5) is 2.12. The zero-order chi connectivity index (χ0) is 13.5. The van der Waals surface area contributed by atoms with E-state index in [1.807, 2.05) is 7.05 Å². The molecule has 3 nitrogen and oxygen atoms in total. The first-order valence-corrected chi connectivity index (χ1v) is 6.17. The van der Waals surface area contributed by atoms with Gasteiger partial charge in [-0.15, -0.1) is 0 Å². The highest BCUT2D eigenvalue weighted by Crippen LogP contribution is 2.18. The Morgan fingerprint density at radius 3 is 2.78 bits per heavy atom. The van der Waals surface area contributed by atoms with E-state index in [1.54, 1.807) is 19.2 Å². The van der Waals surface area contributed by atoms with Crippen LogP contribution in [0, 0.1) is 5.82 Å². The Morgan fingerprint density at radius 1 is 1.44 bits per heavy atom. The Hall–Kier alpha value is -0.970. The molecular formula is C14H22FNO2. The molecule has 1 aromatic rings.